The molecule has 6 heteroatoms. The Labute approximate surface area is 164 Å². The number of aryl methyl sites for hydroxylation is 1. The van der Waals surface area contributed by atoms with Crippen LogP contribution >= 0.6 is 0 Å². The predicted molar refractivity (Wildman–Crippen MR) is 110 cm³/mol. The number of H-pyrrole nitrogens is 1. The second-order valence-electron chi connectivity index (χ2n) is 7.51. The third kappa shape index (κ3) is 3.87. The number of aromatic nitrogens is 2. The Morgan fingerprint density at radius 3 is 2.93 bits per heavy atom. The minimum atomic E-state index is -0.141. The Morgan fingerprint density at radius 1 is 1.21 bits per heavy atom. The van der Waals surface area contributed by atoms with Crippen LogP contribution in [0.5, 0.6) is 0 Å². The number of hydrogen-bond donors (Lipinski definition) is 2. The number of aromatic amines is 1. The van der Waals surface area contributed by atoms with Gasteiger partial charge in [-0.2, -0.15) is 0 Å². The number of likely N-dealkylation sites (tertiary alicyclic amines) is 1. The summed E-state index contributed by atoms with van der Waals surface area (Å²) < 4.78 is 1.68. The fourth-order valence-corrected chi connectivity index (χ4v) is 4.09. The first-order valence-corrected chi connectivity index (χ1v) is 9.87. The molecule has 1 atom stereocenters. The van der Waals surface area contributed by atoms with Crippen molar-refractivity contribution in [3.05, 3.63) is 70.1 Å². The van der Waals surface area contributed by atoms with Gasteiger partial charge >= 0.3 is 5.69 Å². The number of nitrogens with one attached hydrogen (secondary N) is 2. The van der Waals surface area contributed by atoms with Gasteiger partial charge < -0.3 is 10.3 Å². The largest absolute Gasteiger partial charge is 0.353 e. The Balaban J connectivity index is 1.36. The van der Waals surface area contributed by atoms with Crippen LogP contribution < -0.4 is 11.0 Å². The fraction of sp³-hybridized carbons (Fsp3) is 0.364. The highest BCUT2D eigenvalue weighted by atomic mass is 16.2. The van der Waals surface area contributed by atoms with E-state index in [9.17, 15) is 9.59 Å². The van der Waals surface area contributed by atoms with Crippen LogP contribution in [-0.4, -0.2) is 39.5 Å². The standard InChI is InChI=1S/C22H26N4O2/c1-16-6-4-7-17(14-16)15-25-12-5-10-20(25)21(27)23-11-13-26-19-9-3-2-8-18(19)24-22(26)28/h2-4,6-9,14,20H,5,10-13,15H2,1H3,(H,23,27)(H,24,28). The molecule has 0 spiro atoms. The first kappa shape index (κ1) is 18.5. The van der Waals surface area contributed by atoms with E-state index in [0.717, 1.165) is 37.0 Å². The van der Waals surface area contributed by atoms with Crippen molar-refractivity contribution in [1.29, 1.82) is 0 Å². The van der Waals surface area contributed by atoms with Gasteiger partial charge in [0.1, 0.15) is 0 Å². The minimum Gasteiger partial charge on any atom is -0.353 e. The van der Waals surface area contributed by atoms with Gasteiger partial charge in [0.15, 0.2) is 0 Å². The normalized spacial score (nSPS) is 17.2. The van der Waals surface area contributed by atoms with E-state index in [-0.39, 0.29) is 17.6 Å². The highest BCUT2D eigenvalue weighted by molar-refractivity contribution is 5.82. The second kappa shape index (κ2) is 8.02. The summed E-state index contributed by atoms with van der Waals surface area (Å²) in [5, 5.41) is 3.03. The van der Waals surface area contributed by atoms with Crippen LogP contribution in [0.15, 0.2) is 53.3 Å². The van der Waals surface area contributed by atoms with Crippen LogP contribution in [0.3, 0.4) is 0 Å². The molecule has 1 aliphatic heterocycles. The van der Waals surface area contributed by atoms with Gasteiger partial charge in [-0.3, -0.25) is 14.3 Å². The molecule has 146 valence electrons. The molecule has 1 fully saturated rings. The molecular formula is C22H26N4O2. The van der Waals surface area contributed by atoms with Gasteiger partial charge in [-0.05, 0) is 44.0 Å². The van der Waals surface area contributed by atoms with Crippen LogP contribution in [0, 0.1) is 6.92 Å². The lowest BCUT2D eigenvalue weighted by Crippen LogP contribution is -2.44. The van der Waals surface area contributed by atoms with Crippen LogP contribution in [0.2, 0.25) is 0 Å². The van der Waals surface area contributed by atoms with Gasteiger partial charge in [0, 0.05) is 19.6 Å². The number of hydrogen-bond acceptors (Lipinski definition) is 3. The van der Waals surface area contributed by atoms with Crippen LogP contribution in [0.1, 0.15) is 24.0 Å². The topological polar surface area (TPSA) is 70.1 Å². The van der Waals surface area contributed by atoms with Crippen LogP contribution in [0.25, 0.3) is 11.0 Å². The molecule has 6 nitrogen and oxygen atoms in total. The van der Waals surface area contributed by atoms with Crippen molar-refractivity contribution in [2.45, 2.75) is 38.9 Å². The molecule has 2 heterocycles. The van der Waals surface area contributed by atoms with Crippen molar-refractivity contribution in [2.24, 2.45) is 0 Å². The van der Waals surface area contributed by atoms with Crippen molar-refractivity contribution in [1.82, 2.24) is 19.8 Å². The summed E-state index contributed by atoms with van der Waals surface area (Å²) in [5.41, 5.74) is 4.02. The molecule has 1 amide bonds. The summed E-state index contributed by atoms with van der Waals surface area (Å²) in [6.45, 7) is 4.72. The zero-order chi connectivity index (χ0) is 19.5. The van der Waals surface area contributed by atoms with E-state index in [1.807, 2.05) is 24.3 Å². The van der Waals surface area contributed by atoms with E-state index >= 15 is 0 Å². The number of amides is 1. The molecule has 1 saturated heterocycles. The highest BCUT2D eigenvalue weighted by Gasteiger charge is 2.30. The first-order valence-electron chi connectivity index (χ1n) is 9.87. The monoisotopic (exact) mass is 378 g/mol. The summed E-state index contributed by atoms with van der Waals surface area (Å²) in [6.07, 6.45) is 1.91. The molecule has 1 unspecified atom stereocenters. The van der Waals surface area contributed by atoms with Gasteiger partial charge in [0.05, 0.1) is 17.1 Å². The average Bonchev–Trinajstić information content (AvgIpc) is 3.26. The molecule has 2 aromatic carbocycles. The number of nitrogens with zero attached hydrogens (tertiary/aromatic N) is 2. The molecule has 1 aliphatic rings. The minimum absolute atomic E-state index is 0.0537. The smallest absolute Gasteiger partial charge is 0.326 e. The Bertz CT molecular complexity index is 1040. The lowest BCUT2D eigenvalue weighted by atomic mass is 10.1. The molecule has 2 N–H and O–H groups in total. The van der Waals surface area contributed by atoms with Gasteiger partial charge in [0.25, 0.3) is 0 Å². The number of carbonyl (C=O) groups is 1. The molecule has 0 aliphatic carbocycles. The molecule has 0 radical (unpaired) electrons. The molecule has 1 aromatic heterocycles. The molecule has 0 bridgehead atoms. The van der Waals surface area contributed by atoms with Crippen molar-refractivity contribution in [3.63, 3.8) is 0 Å². The number of imidazole rings is 1. The van der Waals surface area contributed by atoms with Crippen LogP contribution in [-0.2, 0) is 17.9 Å². The summed E-state index contributed by atoms with van der Waals surface area (Å²) >= 11 is 0. The molecule has 28 heavy (non-hydrogen) atoms. The summed E-state index contributed by atoms with van der Waals surface area (Å²) in [6, 6.07) is 15.9. The number of rotatable bonds is 6. The van der Waals surface area contributed by atoms with Crippen molar-refractivity contribution in [2.75, 3.05) is 13.1 Å². The van der Waals surface area contributed by atoms with E-state index in [1.54, 1.807) is 4.57 Å². The van der Waals surface area contributed by atoms with E-state index < -0.39 is 0 Å². The summed E-state index contributed by atoms with van der Waals surface area (Å²) in [5.74, 6) is 0.0537. The maximum absolute atomic E-state index is 12.7. The van der Waals surface area contributed by atoms with Crippen molar-refractivity contribution >= 4 is 16.9 Å². The van der Waals surface area contributed by atoms with Gasteiger partial charge in [-0.15, -0.1) is 0 Å². The van der Waals surface area contributed by atoms with Gasteiger partial charge in [-0.1, -0.05) is 42.0 Å². The van der Waals surface area contributed by atoms with E-state index in [4.69, 9.17) is 0 Å². The second-order valence-corrected chi connectivity index (χ2v) is 7.51. The molecule has 3 aromatic rings. The quantitative estimate of drug-likeness (QED) is 0.692. The first-order chi connectivity index (χ1) is 13.6. The lowest BCUT2D eigenvalue weighted by Gasteiger charge is -2.24. The highest BCUT2D eigenvalue weighted by Crippen LogP contribution is 2.20. The Morgan fingerprint density at radius 2 is 2.07 bits per heavy atom. The predicted octanol–water partition coefficient (Wildman–Crippen LogP) is 2.42. The zero-order valence-corrected chi connectivity index (χ0v) is 16.1. The van der Waals surface area contributed by atoms with Gasteiger partial charge in [-0.25, -0.2) is 4.79 Å². The van der Waals surface area contributed by atoms with Crippen LogP contribution in [0.4, 0.5) is 0 Å². The maximum Gasteiger partial charge on any atom is 0.326 e. The van der Waals surface area contributed by atoms with Gasteiger partial charge in [0.2, 0.25) is 5.91 Å². The Hall–Kier alpha value is -2.86. The Kier molecular flexibility index (Phi) is 5.30. The zero-order valence-electron chi connectivity index (χ0n) is 16.1. The van der Waals surface area contributed by atoms with E-state index in [0.29, 0.717) is 13.1 Å². The summed E-state index contributed by atoms with van der Waals surface area (Å²) in [7, 11) is 0. The molecule has 0 saturated carbocycles. The third-order valence-electron chi connectivity index (χ3n) is 5.45. The third-order valence-corrected chi connectivity index (χ3v) is 5.45. The number of benzene rings is 2. The van der Waals surface area contributed by atoms with E-state index in [2.05, 4.69) is 46.4 Å². The number of carbonyl (C=O) groups excluding carboxylic acids is 1. The molecular weight excluding hydrogens is 352 g/mol. The van der Waals surface area contributed by atoms with Crippen molar-refractivity contribution in [3.8, 4) is 0 Å². The average molecular weight is 378 g/mol. The maximum atomic E-state index is 12.7. The SMILES string of the molecule is Cc1cccc(CN2CCCC2C(=O)NCCn2c(=O)[nH]c3ccccc32)c1. The number of para-hydroxylation sites is 2. The van der Waals surface area contributed by atoms with Crippen molar-refractivity contribution < 1.29 is 4.79 Å². The lowest BCUT2D eigenvalue weighted by molar-refractivity contribution is -0.125. The molecule has 4 rings (SSSR count). The number of fused-ring (bicyclic) bond motifs is 1. The summed E-state index contributed by atoms with van der Waals surface area (Å²) in [4.78, 5) is 30.0. The van der Waals surface area contributed by atoms with E-state index in [1.165, 1.54) is 11.1 Å². The fourth-order valence-electron chi connectivity index (χ4n) is 4.09.